The van der Waals surface area contributed by atoms with Crippen LogP contribution in [-0.2, 0) is 11.4 Å². The van der Waals surface area contributed by atoms with E-state index in [2.05, 4.69) is 0 Å². The molecule has 0 saturated heterocycles. The van der Waals surface area contributed by atoms with E-state index in [0.29, 0.717) is 35.2 Å². The topological polar surface area (TPSA) is 76.1 Å². The zero-order valence-corrected chi connectivity index (χ0v) is 16.0. The first kappa shape index (κ1) is 20.6. The number of hydrogen-bond acceptors (Lipinski definition) is 4. The fourth-order valence-electron chi connectivity index (χ4n) is 2.48. The van der Waals surface area contributed by atoms with Crippen LogP contribution < -0.4 is 9.47 Å². The molecule has 0 aliphatic heterocycles. The van der Waals surface area contributed by atoms with Crippen LogP contribution in [0, 0.1) is 0 Å². The Morgan fingerprint density at radius 3 is 2.41 bits per heavy atom. The number of carbonyl (C=O) groups excluding carboxylic acids is 1. The van der Waals surface area contributed by atoms with Crippen LogP contribution in [0.4, 0.5) is 0 Å². The zero-order chi connectivity index (χ0) is 19.8. The highest BCUT2D eigenvalue weighted by Crippen LogP contribution is 2.29. The van der Waals surface area contributed by atoms with Gasteiger partial charge in [-0.1, -0.05) is 23.7 Å². The number of aliphatic carboxylic acids is 1. The molecule has 0 spiro atoms. The third kappa shape index (κ3) is 5.89. The lowest BCUT2D eigenvalue weighted by Gasteiger charge is -2.20. The van der Waals surface area contributed by atoms with Gasteiger partial charge in [-0.05, 0) is 42.8 Å². The normalized spacial score (nSPS) is 10.3. The third-order valence-corrected chi connectivity index (χ3v) is 4.23. The van der Waals surface area contributed by atoms with Crippen LogP contribution in [-0.4, -0.2) is 42.1 Å². The van der Waals surface area contributed by atoms with E-state index >= 15 is 0 Å². The minimum absolute atomic E-state index is 0.0982. The minimum Gasteiger partial charge on any atom is -0.493 e. The summed E-state index contributed by atoms with van der Waals surface area (Å²) in [6, 6.07) is 12.2. The summed E-state index contributed by atoms with van der Waals surface area (Å²) in [5.74, 6) is -0.243. The Hall–Kier alpha value is -2.73. The van der Waals surface area contributed by atoms with Crippen molar-refractivity contribution < 1.29 is 24.2 Å². The Bertz CT molecular complexity index is 791. The highest BCUT2D eigenvalue weighted by molar-refractivity contribution is 6.30. The van der Waals surface area contributed by atoms with Crippen molar-refractivity contribution in [2.24, 2.45) is 0 Å². The smallest absolute Gasteiger partial charge is 0.305 e. The second-order valence-corrected chi connectivity index (χ2v) is 6.25. The summed E-state index contributed by atoms with van der Waals surface area (Å²) in [7, 11) is 1.50. The number of nitrogens with zero attached hydrogens (tertiary/aromatic N) is 1. The molecule has 0 unspecified atom stereocenters. The van der Waals surface area contributed by atoms with Crippen molar-refractivity contribution >= 4 is 23.5 Å². The zero-order valence-electron chi connectivity index (χ0n) is 15.3. The summed E-state index contributed by atoms with van der Waals surface area (Å²) in [6.45, 7) is 2.71. The van der Waals surface area contributed by atoms with Gasteiger partial charge in [0, 0.05) is 23.7 Å². The summed E-state index contributed by atoms with van der Waals surface area (Å²) >= 11 is 5.87. The van der Waals surface area contributed by atoms with Crippen LogP contribution in [0.2, 0.25) is 5.02 Å². The first-order chi connectivity index (χ1) is 12.9. The van der Waals surface area contributed by atoms with Gasteiger partial charge in [0.25, 0.3) is 5.91 Å². The molecule has 6 nitrogen and oxygen atoms in total. The number of ether oxygens (including phenoxy) is 2. The van der Waals surface area contributed by atoms with Gasteiger partial charge in [-0.2, -0.15) is 0 Å². The van der Waals surface area contributed by atoms with Gasteiger partial charge in [0.2, 0.25) is 0 Å². The average molecular weight is 392 g/mol. The number of halogens is 1. The lowest BCUT2D eigenvalue weighted by Crippen LogP contribution is -2.32. The molecule has 0 aliphatic carbocycles. The predicted molar refractivity (Wildman–Crippen MR) is 103 cm³/mol. The highest BCUT2D eigenvalue weighted by Gasteiger charge is 2.17. The molecule has 1 N–H and O–H groups in total. The molecule has 0 atom stereocenters. The van der Waals surface area contributed by atoms with E-state index in [4.69, 9.17) is 26.2 Å². The van der Waals surface area contributed by atoms with Gasteiger partial charge < -0.3 is 19.5 Å². The SMILES string of the molecule is CCN(CCC(=O)O)C(=O)c1ccc(OCc2ccc(Cl)cc2)c(OC)c1. The number of carboxylic acid groups (broad SMARTS) is 1. The monoisotopic (exact) mass is 391 g/mol. The quantitative estimate of drug-likeness (QED) is 0.702. The molecule has 1 amide bonds. The maximum absolute atomic E-state index is 12.6. The Balaban J connectivity index is 2.10. The van der Waals surface area contributed by atoms with Gasteiger partial charge in [-0.15, -0.1) is 0 Å². The van der Waals surface area contributed by atoms with Crippen LogP contribution in [0.5, 0.6) is 11.5 Å². The number of hydrogen-bond donors (Lipinski definition) is 1. The summed E-state index contributed by atoms with van der Waals surface area (Å²) in [4.78, 5) is 24.8. The Morgan fingerprint density at radius 1 is 1.11 bits per heavy atom. The Morgan fingerprint density at radius 2 is 1.81 bits per heavy atom. The molecule has 7 heteroatoms. The molecule has 2 aromatic carbocycles. The van der Waals surface area contributed by atoms with Crippen molar-refractivity contribution in [3.8, 4) is 11.5 Å². The van der Waals surface area contributed by atoms with Crippen LogP contribution in [0.15, 0.2) is 42.5 Å². The van der Waals surface area contributed by atoms with Gasteiger partial charge in [0.05, 0.1) is 13.5 Å². The van der Waals surface area contributed by atoms with Crippen LogP contribution in [0.25, 0.3) is 0 Å². The van der Waals surface area contributed by atoms with E-state index in [1.165, 1.54) is 12.0 Å². The number of methoxy groups -OCH3 is 1. The molecule has 0 fully saturated rings. The number of carboxylic acids is 1. The van der Waals surface area contributed by atoms with Crippen LogP contribution >= 0.6 is 11.6 Å². The molecule has 0 bridgehead atoms. The molecule has 0 saturated carbocycles. The van der Waals surface area contributed by atoms with Crippen LogP contribution in [0.3, 0.4) is 0 Å². The van der Waals surface area contributed by atoms with Crippen molar-refractivity contribution in [1.29, 1.82) is 0 Å². The van der Waals surface area contributed by atoms with Crippen molar-refractivity contribution in [2.45, 2.75) is 20.0 Å². The molecule has 0 aliphatic rings. The fourth-order valence-corrected chi connectivity index (χ4v) is 2.60. The number of rotatable bonds is 9. The average Bonchev–Trinajstić information content (AvgIpc) is 2.67. The third-order valence-electron chi connectivity index (χ3n) is 3.98. The molecule has 0 radical (unpaired) electrons. The molecule has 2 aromatic rings. The van der Waals surface area contributed by atoms with E-state index in [1.807, 2.05) is 12.1 Å². The molecular formula is C20H22ClNO5. The van der Waals surface area contributed by atoms with Gasteiger partial charge >= 0.3 is 5.97 Å². The maximum Gasteiger partial charge on any atom is 0.305 e. The van der Waals surface area contributed by atoms with Crippen molar-refractivity contribution in [3.63, 3.8) is 0 Å². The molecule has 27 heavy (non-hydrogen) atoms. The number of amides is 1. The largest absolute Gasteiger partial charge is 0.493 e. The first-order valence-corrected chi connectivity index (χ1v) is 8.88. The molecule has 144 valence electrons. The lowest BCUT2D eigenvalue weighted by atomic mass is 10.1. The first-order valence-electron chi connectivity index (χ1n) is 8.51. The maximum atomic E-state index is 12.6. The number of benzene rings is 2. The fraction of sp³-hybridized carbons (Fsp3) is 0.300. The summed E-state index contributed by atoms with van der Waals surface area (Å²) in [5.41, 5.74) is 1.37. The van der Waals surface area contributed by atoms with Gasteiger partial charge in [-0.25, -0.2) is 0 Å². The lowest BCUT2D eigenvalue weighted by molar-refractivity contribution is -0.137. The Kier molecular flexibility index (Phi) is 7.49. The van der Waals surface area contributed by atoms with E-state index in [0.717, 1.165) is 5.56 Å². The highest BCUT2D eigenvalue weighted by atomic mass is 35.5. The van der Waals surface area contributed by atoms with Gasteiger partial charge in [-0.3, -0.25) is 9.59 Å². The molecule has 0 aromatic heterocycles. The Labute approximate surface area is 163 Å². The summed E-state index contributed by atoms with van der Waals surface area (Å²) < 4.78 is 11.1. The van der Waals surface area contributed by atoms with E-state index in [1.54, 1.807) is 37.3 Å². The van der Waals surface area contributed by atoms with E-state index in [9.17, 15) is 9.59 Å². The van der Waals surface area contributed by atoms with Crippen molar-refractivity contribution in [1.82, 2.24) is 4.90 Å². The van der Waals surface area contributed by atoms with E-state index < -0.39 is 5.97 Å². The van der Waals surface area contributed by atoms with Gasteiger partial charge in [0.15, 0.2) is 11.5 Å². The molecular weight excluding hydrogens is 370 g/mol. The predicted octanol–water partition coefficient (Wildman–Crippen LogP) is 3.86. The van der Waals surface area contributed by atoms with Crippen molar-refractivity contribution in [3.05, 3.63) is 58.6 Å². The summed E-state index contributed by atoms with van der Waals surface area (Å²) in [5, 5.41) is 9.47. The van der Waals surface area contributed by atoms with Crippen molar-refractivity contribution in [2.75, 3.05) is 20.2 Å². The number of carbonyl (C=O) groups is 2. The standard InChI is InChI=1S/C20H22ClNO5/c1-3-22(11-10-19(23)24)20(25)15-6-9-17(18(12-15)26-2)27-13-14-4-7-16(21)8-5-14/h4-9,12H,3,10-11,13H2,1-2H3,(H,23,24). The summed E-state index contributed by atoms with van der Waals surface area (Å²) in [6.07, 6.45) is -0.0982. The van der Waals surface area contributed by atoms with Gasteiger partial charge in [0.1, 0.15) is 6.61 Å². The second kappa shape index (κ2) is 9.83. The van der Waals surface area contributed by atoms with E-state index in [-0.39, 0.29) is 18.9 Å². The molecule has 2 rings (SSSR count). The minimum atomic E-state index is -0.940. The second-order valence-electron chi connectivity index (χ2n) is 5.81. The van der Waals surface area contributed by atoms with Crippen LogP contribution in [0.1, 0.15) is 29.3 Å². The molecule has 0 heterocycles.